The normalized spacial score (nSPS) is 18.2. The molecule has 1 aliphatic heterocycles. The number of pyridine rings is 1. The number of likely N-dealkylation sites (tertiary alicyclic amines) is 1. The summed E-state index contributed by atoms with van der Waals surface area (Å²) in [4.78, 5) is 43.9. The molecule has 4 rings (SSSR count). The van der Waals surface area contributed by atoms with Crippen LogP contribution in [0.25, 0.3) is 11.0 Å². The van der Waals surface area contributed by atoms with Crippen LogP contribution in [0, 0.1) is 18.8 Å². The van der Waals surface area contributed by atoms with Crippen molar-refractivity contribution in [2.75, 3.05) is 13.1 Å². The summed E-state index contributed by atoms with van der Waals surface area (Å²) in [6.45, 7) is 5.94. The number of rotatable bonds is 5. The number of carbonyl (C=O) groups excluding carboxylic acids is 3. The molecule has 38 heavy (non-hydrogen) atoms. The van der Waals surface area contributed by atoms with Crippen LogP contribution in [0.2, 0.25) is 10.0 Å². The number of alkyl halides is 3. The van der Waals surface area contributed by atoms with Crippen LogP contribution in [0.15, 0.2) is 24.3 Å². The highest BCUT2D eigenvalue weighted by molar-refractivity contribution is 6.42. The Morgan fingerprint density at radius 2 is 1.84 bits per heavy atom. The van der Waals surface area contributed by atoms with Gasteiger partial charge >= 0.3 is 6.18 Å². The molecule has 1 fully saturated rings. The van der Waals surface area contributed by atoms with E-state index in [4.69, 9.17) is 23.2 Å². The number of hydrogen-bond donors (Lipinski definition) is 0. The predicted molar refractivity (Wildman–Crippen MR) is 139 cm³/mol. The SMILES string of the molecule is CC(=O)C[C@H]1CCN(C(=O)c2ccc(Cl)c(C(=O)c3cc4c(C)cc(C(F)(F)F)nc4n3C)c2Cl)C[C@H]1C. The van der Waals surface area contributed by atoms with Gasteiger partial charge in [-0.25, -0.2) is 4.98 Å². The average molecular weight is 568 g/mol. The summed E-state index contributed by atoms with van der Waals surface area (Å²) in [5, 5.41) is 0.263. The number of aryl methyl sites for hydroxylation is 2. The molecule has 11 heteroatoms. The Morgan fingerprint density at radius 3 is 2.45 bits per heavy atom. The number of Topliss-reactive ketones (excluding diaryl/α,β-unsaturated/α-hetero) is 1. The standard InChI is InChI=1S/C27H26Cl2F3N3O3/c1-13-9-21(27(30,31)32)33-25-18(13)11-20(34(25)4)24(37)22-19(28)6-5-17(23(22)29)26(38)35-8-7-16(10-15(3)36)14(2)12-35/h5-6,9,11,14,16H,7-8,10,12H2,1-4H3/t14-,16-/m1/s1. The van der Waals surface area contributed by atoms with Crippen molar-refractivity contribution in [3.8, 4) is 0 Å². The Hall–Kier alpha value is -2.91. The summed E-state index contributed by atoms with van der Waals surface area (Å²) in [5.41, 5.74) is -0.750. The van der Waals surface area contributed by atoms with E-state index in [1.165, 1.54) is 36.7 Å². The van der Waals surface area contributed by atoms with E-state index >= 15 is 0 Å². The van der Waals surface area contributed by atoms with Gasteiger partial charge in [0.15, 0.2) is 0 Å². The third-order valence-corrected chi connectivity index (χ3v) is 7.90. The first-order chi connectivity index (χ1) is 17.7. The van der Waals surface area contributed by atoms with Crippen LogP contribution < -0.4 is 0 Å². The maximum atomic E-state index is 13.6. The van der Waals surface area contributed by atoms with Crippen LogP contribution in [-0.4, -0.2) is 45.0 Å². The fourth-order valence-corrected chi connectivity index (χ4v) is 5.71. The highest BCUT2D eigenvalue weighted by atomic mass is 35.5. The maximum Gasteiger partial charge on any atom is 0.433 e. The predicted octanol–water partition coefficient (Wildman–Crippen LogP) is 6.52. The number of nitrogens with zero attached hydrogens (tertiary/aromatic N) is 3. The fourth-order valence-electron chi connectivity index (χ4n) is 5.09. The third-order valence-electron chi connectivity index (χ3n) is 7.20. The molecule has 3 heterocycles. The molecule has 0 N–H and O–H groups in total. The number of aromatic nitrogens is 2. The minimum absolute atomic E-state index is 0.0102. The van der Waals surface area contributed by atoms with E-state index in [-0.39, 0.29) is 56.0 Å². The second kappa shape index (κ2) is 10.3. The Balaban J connectivity index is 1.69. The van der Waals surface area contributed by atoms with E-state index in [2.05, 4.69) is 4.98 Å². The largest absolute Gasteiger partial charge is 0.433 e. The maximum absolute atomic E-state index is 13.6. The van der Waals surface area contributed by atoms with Crippen molar-refractivity contribution in [2.45, 2.75) is 39.8 Å². The van der Waals surface area contributed by atoms with Gasteiger partial charge in [-0.15, -0.1) is 0 Å². The van der Waals surface area contributed by atoms with E-state index < -0.39 is 17.7 Å². The molecule has 1 aliphatic rings. The summed E-state index contributed by atoms with van der Waals surface area (Å²) in [6, 6.07) is 5.24. The van der Waals surface area contributed by atoms with Crippen LogP contribution in [0.1, 0.15) is 64.4 Å². The Labute approximate surface area is 227 Å². The van der Waals surface area contributed by atoms with Crippen LogP contribution in [0.3, 0.4) is 0 Å². The smallest absolute Gasteiger partial charge is 0.338 e. The first-order valence-electron chi connectivity index (χ1n) is 12.1. The van der Waals surface area contributed by atoms with Crippen molar-refractivity contribution in [3.63, 3.8) is 0 Å². The van der Waals surface area contributed by atoms with E-state index in [0.29, 0.717) is 36.9 Å². The minimum Gasteiger partial charge on any atom is -0.338 e. The van der Waals surface area contributed by atoms with Crippen molar-refractivity contribution in [1.29, 1.82) is 0 Å². The number of piperidine rings is 1. The molecule has 3 aromatic rings. The van der Waals surface area contributed by atoms with Crippen molar-refractivity contribution in [3.05, 3.63) is 62.4 Å². The summed E-state index contributed by atoms with van der Waals surface area (Å²) in [5.74, 6) is -0.596. The monoisotopic (exact) mass is 567 g/mol. The molecule has 6 nitrogen and oxygen atoms in total. The lowest BCUT2D eigenvalue weighted by Crippen LogP contribution is -2.43. The van der Waals surface area contributed by atoms with Crippen molar-refractivity contribution in [1.82, 2.24) is 14.5 Å². The van der Waals surface area contributed by atoms with Gasteiger partial charge in [0.2, 0.25) is 5.78 Å². The second-order valence-corrected chi connectivity index (χ2v) is 10.7. The lowest BCUT2D eigenvalue weighted by molar-refractivity contribution is -0.141. The molecule has 1 aromatic carbocycles. The van der Waals surface area contributed by atoms with Gasteiger partial charge in [-0.1, -0.05) is 30.1 Å². The highest BCUT2D eigenvalue weighted by Crippen LogP contribution is 2.36. The molecular weight excluding hydrogens is 542 g/mol. The molecule has 0 bridgehead atoms. The van der Waals surface area contributed by atoms with Gasteiger partial charge in [0.25, 0.3) is 5.91 Å². The lowest BCUT2D eigenvalue weighted by Gasteiger charge is -2.37. The van der Waals surface area contributed by atoms with Gasteiger partial charge in [0.05, 0.1) is 26.9 Å². The van der Waals surface area contributed by atoms with Crippen LogP contribution in [-0.2, 0) is 18.0 Å². The third kappa shape index (κ3) is 5.18. The molecule has 202 valence electrons. The number of hydrogen-bond acceptors (Lipinski definition) is 4. The first kappa shape index (κ1) is 28.1. The topological polar surface area (TPSA) is 72.3 Å². The molecular formula is C27H26Cl2F3N3O3. The number of fused-ring (bicyclic) bond motifs is 1. The Morgan fingerprint density at radius 1 is 1.16 bits per heavy atom. The van der Waals surface area contributed by atoms with E-state index in [1.54, 1.807) is 11.8 Å². The van der Waals surface area contributed by atoms with Crippen LogP contribution in [0.4, 0.5) is 13.2 Å². The van der Waals surface area contributed by atoms with Gasteiger partial charge in [0.1, 0.15) is 17.1 Å². The van der Waals surface area contributed by atoms with Gasteiger partial charge in [-0.2, -0.15) is 13.2 Å². The fraction of sp³-hybridized carbons (Fsp3) is 0.407. The number of halogens is 5. The zero-order chi connectivity index (χ0) is 28.1. The number of amides is 1. The molecule has 1 amide bonds. The van der Waals surface area contributed by atoms with Gasteiger partial charge in [-0.3, -0.25) is 9.59 Å². The molecule has 0 saturated carbocycles. The number of benzene rings is 1. The number of ketones is 2. The van der Waals surface area contributed by atoms with Crippen molar-refractivity contribution >= 4 is 51.7 Å². The molecule has 0 aliphatic carbocycles. The van der Waals surface area contributed by atoms with Gasteiger partial charge in [0, 0.05) is 31.9 Å². The summed E-state index contributed by atoms with van der Waals surface area (Å²) >= 11 is 13.0. The highest BCUT2D eigenvalue weighted by Gasteiger charge is 2.35. The first-order valence-corrected chi connectivity index (χ1v) is 12.8. The minimum atomic E-state index is -4.65. The quantitative estimate of drug-likeness (QED) is 0.329. The molecule has 0 spiro atoms. The van der Waals surface area contributed by atoms with E-state index in [0.717, 1.165) is 6.07 Å². The van der Waals surface area contributed by atoms with Crippen molar-refractivity contribution < 1.29 is 27.6 Å². The molecule has 0 radical (unpaired) electrons. The lowest BCUT2D eigenvalue weighted by atomic mass is 9.83. The number of carbonyl (C=O) groups is 3. The van der Waals surface area contributed by atoms with E-state index in [9.17, 15) is 27.6 Å². The molecule has 2 atom stereocenters. The molecule has 0 unspecified atom stereocenters. The van der Waals surface area contributed by atoms with Gasteiger partial charge < -0.3 is 14.3 Å². The molecule has 1 saturated heterocycles. The zero-order valence-electron chi connectivity index (χ0n) is 21.2. The summed E-state index contributed by atoms with van der Waals surface area (Å²) in [7, 11) is 1.44. The Bertz CT molecular complexity index is 1470. The molecule has 2 aromatic heterocycles. The average Bonchev–Trinajstić information content (AvgIpc) is 3.16. The van der Waals surface area contributed by atoms with Crippen LogP contribution >= 0.6 is 23.2 Å². The summed E-state index contributed by atoms with van der Waals surface area (Å²) < 4.78 is 41.2. The Kier molecular flexibility index (Phi) is 7.65. The summed E-state index contributed by atoms with van der Waals surface area (Å²) in [6.07, 6.45) is -3.51. The van der Waals surface area contributed by atoms with Gasteiger partial charge in [-0.05, 0) is 61.9 Å². The zero-order valence-corrected chi connectivity index (χ0v) is 22.8. The second-order valence-electron chi connectivity index (χ2n) is 9.94. The van der Waals surface area contributed by atoms with E-state index in [1.807, 2.05) is 6.92 Å². The van der Waals surface area contributed by atoms with Crippen molar-refractivity contribution in [2.24, 2.45) is 18.9 Å². The van der Waals surface area contributed by atoms with Crippen LogP contribution in [0.5, 0.6) is 0 Å².